The lowest BCUT2D eigenvalue weighted by molar-refractivity contribution is -0.142. The Hall–Kier alpha value is -1.37. The molecule has 1 atom stereocenters. The molecule has 0 amide bonds. The SMILES string of the molecule is CO[N+]1(C)C=CCc2c(CO)ccc(C(F)(F)F)c21. The molecular weight excluding hydrogens is 259 g/mol. The van der Waals surface area contributed by atoms with Crippen molar-refractivity contribution in [2.45, 2.75) is 19.2 Å². The summed E-state index contributed by atoms with van der Waals surface area (Å²) in [6.45, 7) is -0.294. The summed E-state index contributed by atoms with van der Waals surface area (Å²) < 4.78 is 39.0. The van der Waals surface area contributed by atoms with E-state index < -0.39 is 16.4 Å². The molecule has 6 heteroatoms. The minimum absolute atomic E-state index is 0.0454. The van der Waals surface area contributed by atoms with Gasteiger partial charge in [0.2, 0.25) is 0 Å². The highest BCUT2D eigenvalue weighted by molar-refractivity contribution is 5.63. The number of halogens is 3. The number of benzene rings is 1. The van der Waals surface area contributed by atoms with Crippen LogP contribution in [0.4, 0.5) is 18.9 Å². The molecule has 1 aromatic carbocycles. The molecule has 0 aliphatic carbocycles. The van der Waals surface area contributed by atoms with E-state index in [-0.39, 0.29) is 12.3 Å². The predicted molar refractivity (Wildman–Crippen MR) is 64.9 cm³/mol. The number of quaternary nitrogens is 1. The van der Waals surface area contributed by atoms with E-state index in [1.54, 1.807) is 12.3 Å². The molecule has 1 aliphatic rings. The van der Waals surface area contributed by atoms with Crippen molar-refractivity contribution < 1.29 is 23.1 Å². The van der Waals surface area contributed by atoms with E-state index in [1.807, 2.05) is 0 Å². The lowest BCUT2D eigenvalue weighted by Gasteiger charge is -2.32. The number of nitrogens with zero attached hydrogens (tertiary/aromatic N) is 1. The van der Waals surface area contributed by atoms with Crippen LogP contribution in [0.2, 0.25) is 0 Å². The number of fused-ring (bicyclic) bond motifs is 1. The molecule has 0 fully saturated rings. The van der Waals surface area contributed by atoms with Gasteiger partial charge in [0.15, 0.2) is 5.69 Å². The molecule has 2 rings (SSSR count). The van der Waals surface area contributed by atoms with Crippen LogP contribution in [-0.2, 0) is 24.0 Å². The van der Waals surface area contributed by atoms with Gasteiger partial charge in [-0.25, -0.2) is 0 Å². The van der Waals surface area contributed by atoms with E-state index in [0.29, 0.717) is 17.5 Å². The molecular formula is C13H15F3NO2+. The van der Waals surface area contributed by atoms with Gasteiger partial charge in [-0.1, -0.05) is 6.07 Å². The van der Waals surface area contributed by atoms with Crippen LogP contribution in [0.3, 0.4) is 0 Å². The highest BCUT2D eigenvalue weighted by Crippen LogP contribution is 2.44. The summed E-state index contributed by atoms with van der Waals surface area (Å²) in [5.41, 5.74) is 0.287. The van der Waals surface area contributed by atoms with Crippen LogP contribution in [0.25, 0.3) is 0 Å². The first-order valence-corrected chi connectivity index (χ1v) is 5.76. The molecule has 0 saturated heterocycles. The van der Waals surface area contributed by atoms with Crippen LogP contribution < -0.4 is 4.65 Å². The summed E-state index contributed by atoms with van der Waals surface area (Å²) in [5.74, 6) is 0. The van der Waals surface area contributed by atoms with Crippen LogP contribution in [0.5, 0.6) is 0 Å². The van der Waals surface area contributed by atoms with Crippen molar-refractivity contribution in [1.82, 2.24) is 4.65 Å². The Morgan fingerprint density at radius 1 is 1.37 bits per heavy atom. The Morgan fingerprint density at radius 3 is 2.58 bits per heavy atom. The molecule has 1 aliphatic heterocycles. The number of rotatable bonds is 2. The standard InChI is InChI=1S/C13H15F3NO2/c1-17(19-2)7-3-4-10-9(8-18)5-6-11(12(10)17)13(14,15)16/h3,5-7,18H,4,8H2,1-2H3/q+1. The van der Waals surface area contributed by atoms with Crippen molar-refractivity contribution in [3.8, 4) is 0 Å². The van der Waals surface area contributed by atoms with E-state index in [1.165, 1.54) is 20.2 Å². The summed E-state index contributed by atoms with van der Waals surface area (Å²) >= 11 is 0. The molecule has 19 heavy (non-hydrogen) atoms. The zero-order valence-electron chi connectivity index (χ0n) is 10.7. The number of aliphatic hydroxyl groups is 1. The minimum atomic E-state index is -4.46. The van der Waals surface area contributed by atoms with Crippen molar-refractivity contribution in [3.63, 3.8) is 0 Å². The van der Waals surface area contributed by atoms with Gasteiger partial charge in [0.25, 0.3) is 0 Å². The van der Waals surface area contributed by atoms with Crippen molar-refractivity contribution in [2.75, 3.05) is 14.2 Å². The summed E-state index contributed by atoms with van der Waals surface area (Å²) in [6, 6.07) is 2.32. The van der Waals surface area contributed by atoms with Crippen LogP contribution in [0.1, 0.15) is 16.7 Å². The molecule has 0 spiro atoms. The lowest BCUT2D eigenvalue weighted by Crippen LogP contribution is -2.42. The minimum Gasteiger partial charge on any atom is -0.392 e. The second-order valence-corrected chi connectivity index (χ2v) is 4.52. The molecule has 1 heterocycles. The summed E-state index contributed by atoms with van der Waals surface area (Å²) in [5, 5.41) is 9.28. The Labute approximate surface area is 109 Å². The number of hydroxylamine groups is 2. The second-order valence-electron chi connectivity index (χ2n) is 4.52. The molecule has 3 nitrogen and oxygen atoms in total. The van der Waals surface area contributed by atoms with E-state index in [4.69, 9.17) is 4.84 Å². The van der Waals surface area contributed by atoms with Gasteiger partial charge in [-0.2, -0.15) is 18.0 Å². The van der Waals surface area contributed by atoms with Crippen LogP contribution in [-0.4, -0.2) is 19.3 Å². The first kappa shape index (κ1) is 14.0. The normalized spacial score (nSPS) is 22.4. The van der Waals surface area contributed by atoms with Gasteiger partial charge >= 0.3 is 6.18 Å². The lowest BCUT2D eigenvalue weighted by atomic mass is 9.95. The van der Waals surface area contributed by atoms with Gasteiger partial charge in [0, 0.05) is 12.0 Å². The van der Waals surface area contributed by atoms with Crippen molar-refractivity contribution in [2.24, 2.45) is 0 Å². The summed E-state index contributed by atoms with van der Waals surface area (Å²) in [7, 11) is 2.89. The first-order valence-electron chi connectivity index (χ1n) is 5.76. The number of allylic oxidation sites excluding steroid dienone is 1. The third-order valence-corrected chi connectivity index (χ3v) is 3.39. The topological polar surface area (TPSA) is 29.5 Å². The first-order chi connectivity index (χ1) is 8.83. The number of hydrogen-bond acceptors (Lipinski definition) is 2. The zero-order valence-corrected chi connectivity index (χ0v) is 10.7. The molecule has 0 radical (unpaired) electrons. The molecule has 1 aromatic rings. The van der Waals surface area contributed by atoms with Crippen LogP contribution in [0.15, 0.2) is 24.4 Å². The van der Waals surface area contributed by atoms with E-state index in [9.17, 15) is 18.3 Å². The number of aliphatic hydroxyl groups excluding tert-OH is 1. The van der Waals surface area contributed by atoms with Gasteiger partial charge < -0.3 is 5.11 Å². The van der Waals surface area contributed by atoms with E-state index in [2.05, 4.69) is 0 Å². The summed E-state index contributed by atoms with van der Waals surface area (Å²) in [4.78, 5) is 5.21. The predicted octanol–water partition coefficient (Wildman–Crippen LogP) is 2.77. The molecule has 104 valence electrons. The molecule has 1 unspecified atom stereocenters. The van der Waals surface area contributed by atoms with Crippen molar-refractivity contribution in [3.05, 3.63) is 41.1 Å². The fraction of sp³-hybridized carbons (Fsp3) is 0.385. The highest BCUT2D eigenvalue weighted by Gasteiger charge is 2.44. The van der Waals surface area contributed by atoms with Crippen LogP contribution >= 0.6 is 0 Å². The van der Waals surface area contributed by atoms with Gasteiger partial charge in [-0.3, -0.25) is 0 Å². The van der Waals surface area contributed by atoms with Gasteiger partial charge in [-0.15, -0.1) is 4.65 Å². The maximum absolute atomic E-state index is 13.1. The van der Waals surface area contributed by atoms with Crippen molar-refractivity contribution in [1.29, 1.82) is 0 Å². The van der Waals surface area contributed by atoms with Crippen LogP contribution in [0, 0.1) is 0 Å². The Kier molecular flexibility index (Phi) is 3.42. The zero-order chi connectivity index (χ0) is 14.3. The van der Waals surface area contributed by atoms with Gasteiger partial charge in [0.05, 0.1) is 13.7 Å². The Bertz CT molecular complexity index is 525. The quantitative estimate of drug-likeness (QED) is 0.840. The highest BCUT2D eigenvalue weighted by atomic mass is 19.4. The average molecular weight is 274 g/mol. The fourth-order valence-corrected chi connectivity index (χ4v) is 2.39. The monoisotopic (exact) mass is 274 g/mol. The number of alkyl halides is 3. The smallest absolute Gasteiger partial charge is 0.392 e. The average Bonchev–Trinajstić information content (AvgIpc) is 2.36. The van der Waals surface area contributed by atoms with Gasteiger partial charge in [-0.05, 0) is 17.7 Å². The maximum atomic E-state index is 13.1. The summed E-state index contributed by atoms with van der Waals surface area (Å²) in [6.07, 6.45) is -0.794. The Balaban J connectivity index is 2.76. The van der Waals surface area contributed by atoms with Gasteiger partial charge in [0.1, 0.15) is 18.8 Å². The molecule has 1 N–H and O–H groups in total. The third kappa shape index (κ3) is 2.27. The van der Waals surface area contributed by atoms with Crippen molar-refractivity contribution >= 4 is 5.69 Å². The third-order valence-electron chi connectivity index (χ3n) is 3.39. The molecule has 0 saturated carbocycles. The number of hydrogen-bond donors (Lipinski definition) is 1. The van der Waals surface area contributed by atoms with E-state index >= 15 is 0 Å². The fourth-order valence-electron chi connectivity index (χ4n) is 2.39. The maximum Gasteiger partial charge on any atom is 0.422 e. The van der Waals surface area contributed by atoms with E-state index in [0.717, 1.165) is 6.07 Å². The largest absolute Gasteiger partial charge is 0.422 e. The Morgan fingerprint density at radius 2 is 2.05 bits per heavy atom. The second kappa shape index (κ2) is 4.63. The molecule has 0 bridgehead atoms. The molecule has 0 aromatic heterocycles.